The third kappa shape index (κ3) is 4.55. The summed E-state index contributed by atoms with van der Waals surface area (Å²) in [5, 5.41) is 6.21. The van der Waals surface area contributed by atoms with Crippen LogP contribution in [-0.4, -0.2) is 30.4 Å². The third-order valence-corrected chi connectivity index (χ3v) is 5.11. The van der Waals surface area contributed by atoms with Gasteiger partial charge in [-0.15, -0.1) is 0 Å². The summed E-state index contributed by atoms with van der Waals surface area (Å²) in [4.78, 5) is 9.29. The van der Waals surface area contributed by atoms with Gasteiger partial charge < -0.3 is 9.47 Å². The lowest BCUT2D eigenvalue weighted by Crippen LogP contribution is -2.00. The lowest BCUT2D eigenvalue weighted by Gasteiger charge is -2.10. The van der Waals surface area contributed by atoms with Crippen LogP contribution in [0.1, 0.15) is 5.56 Å². The van der Waals surface area contributed by atoms with E-state index in [2.05, 4.69) is 20.5 Å². The molecule has 0 aliphatic heterocycles. The zero-order valence-corrected chi connectivity index (χ0v) is 18.3. The molecule has 0 radical (unpaired) electrons. The van der Waals surface area contributed by atoms with Gasteiger partial charge in [-0.25, -0.2) is 9.97 Å². The molecule has 0 bridgehead atoms. The number of nitrogens with one attached hydrogen (secondary N) is 1. The van der Waals surface area contributed by atoms with Crippen LogP contribution in [0.4, 0.5) is 5.82 Å². The third-order valence-electron chi connectivity index (χ3n) is 4.57. The first-order valence-electron chi connectivity index (χ1n) is 9.32. The highest BCUT2D eigenvalue weighted by molar-refractivity contribution is 6.36. The van der Waals surface area contributed by atoms with Crippen LogP contribution in [0, 0.1) is 0 Å². The maximum Gasteiger partial charge on any atom is 0.163 e. The highest BCUT2D eigenvalue weighted by atomic mass is 35.5. The monoisotopic (exact) mass is 452 g/mol. The molecule has 0 spiro atoms. The number of methoxy groups -OCH3 is 2. The van der Waals surface area contributed by atoms with Crippen LogP contribution in [0.25, 0.3) is 22.3 Å². The largest absolute Gasteiger partial charge is 0.493 e. The molecule has 1 aromatic heterocycles. The Kier molecular flexibility index (Phi) is 6.21. The predicted molar refractivity (Wildman–Crippen MR) is 126 cm³/mol. The summed E-state index contributed by atoms with van der Waals surface area (Å²) < 4.78 is 10.6. The van der Waals surface area contributed by atoms with Crippen molar-refractivity contribution in [3.8, 4) is 22.9 Å². The lowest BCUT2D eigenvalue weighted by molar-refractivity contribution is 0.355. The van der Waals surface area contributed by atoms with Crippen molar-refractivity contribution in [2.75, 3.05) is 19.6 Å². The van der Waals surface area contributed by atoms with Gasteiger partial charge in [-0.05, 0) is 54.1 Å². The molecule has 0 saturated carbocycles. The van der Waals surface area contributed by atoms with E-state index in [0.29, 0.717) is 38.8 Å². The Morgan fingerprint density at radius 2 is 1.71 bits per heavy atom. The zero-order valence-electron chi connectivity index (χ0n) is 16.8. The lowest BCUT2D eigenvalue weighted by atomic mass is 10.2. The molecule has 0 amide bonds. The van der Waals surface area contributed by atoms with Crippen molar-refractivity contribution >= 4 is 46.1 Å². The topological polar surface area (TPSA) is 68.6 Å². The Hall–Kier alpha value is -3.35. The number of fused-ring (bicyclic) bond motifs is 1. The molecule has 6 nitrogen and oxygen atoms in total. The highest BCUT2D eigenvalue weighted by Gasteiger charge is 2.12. The number of anilines is 1. The second-order valence-electron chi connectivity index (χ2n) is 6.52. The summed E-state index contributed by atoms with van der Waals surface area (Å²) in [5.74, 6) is 2.31. The number of halogens is 2. The molecule has 4 rings (SSSR count). The van der Waals surface area contributed by atoms with Gasteiger partial charge in [-0.3, -0.25) is 5.43 Å². The molecule has 3 aromatic carbocycles. The zero-order chi connectivity index (χ0) is 21.8. The maximum absolute atomic E-state index is 6.37. The molecule has 0 atom stereocenters. The van der Waals surface area contributed by atoms with Crippen LogP contribution in [0.3, 0.4) is 0 Å². The molecule has 8 heteroatoms. The van der Waals surface area contributed by atoms with E-state index in [9.17, 15) is 0 Å². The number of rotatable bonds is 6. The van der Waals surface area contributed by atoms with E-state index in [-0.39, 0.29) is 0 Å². The first kappa shape index (κ1) is 20.9. The van der Waals surface area contributed by atoms with E-state index < -0.39 is 0 Å². The maximum atomic E-state index is 6.37. The van der Waals surface area contributed by atoms with Gasteiger partial charge in [-0.1, -0.05) is 35.3 Å². The quantitative estimate of drug-likeness (QED) is 0.284. The van der Waals surface area contributed by atoms with Crippen molar-refractivity contribution in [2.45, 2.75) is 0 Å². The standard InChI is InChI=1S/C23H18Cl2N4O2/c1-30-20-10-7-14(11-21(20)31-2)13-26-29-23-17-5-3-4-6-19(17)27-22(28-23)16-9-8-15(24)12-18(16)25/h3-13H,1-2H3,(H,27,28,29)/b26-13-. The first-order chi connectivity index (χ1) is 15.1. The number of para-hydroxylation sites is 1. The summed E-state index contributed by atoms with van der Waals surface area (Å²) in [5.41, 5.74) is 5.31. The average Bonchev–Trinajstić information content (AvgIpc) is 2.78. The molecule has 31 heavy (non-hydrogen) atoms. The van der Waals surface area contributed by atoms with Crippen molar-refractivity contribution in [1.82, 2.24) is 9.97 Å². The minimum atomic E-state index is 0.475. The fourth-order valence-corrected chi connectivity index (χ4v) is 3.55. The second kappa shape index (κ2) is 9.20. The van der Waals surface area contributed by atoms with E-state index in [1.54, 1.807) is 38.6 Å². The number of hydrogen-bond donors (Lipinski definition) is 1. The predicted octanol–water partition coefficient (Wildman–Crippen LogP) is 6.07. The summed E-state index contributed by atoms with van der Waals surface area (Å²) in [6.45, 7) is 0. The Morgan fingerprint density at radius 3 is 2.48 bits per heavy atom. The van der Waals surface area contributed by atoms with Gasteiger partial charge in [0.15, 0.2) is 23.1 Å². The summed E-state index contributed by atoms with van der Waals surface area (Å²) in [6, 6.07) is 18.4. The number of hydrazone groups is 1. The van der Waals surface area contributed by atoms with Crippen LogP contribution in [0.5, 0.6) is 11.5 Å². The van der Waals surface area contributed by atoms with Gasteiger partial charge in [-0.2, -0.15) is 5.10 Å². The number of nitrogens with zero attached hydrogens (tertiary/aromatic N) is 3. The van der Waals surface area contributed by atoms with Crippen LogP contribution in [0.15, 0.2) is 65.8 Å². The van der Waals surface area contributed by atoms with Crippen molar-refractivity contribution in [3.63, 3.8) is 0 Å². The van der Waals surface area contributed by atoms with Crippen molar-refractivity contribution < 1.29 is 9.47 Å². The normalized spacial score (nSPS) is 11.1. The molecule has 4 aromatic rings. The second-order valence-corrected chi connectivity index (χ2v) is 7.37. The van der Waals surface area contributed by atoms with Gasteiger partial charge in [0.25, 0.3) is 0 Å². The van der Waals surface area contributed by atoms with Crippen LogP contribution in [0.2, 0.25) is 10.0 Å². The van der Waals surface area contributed by atoms with Gasteiger partial charge in [0.1, 0.15) is 0 Å². The van der Waals surface area contributed by atoms with Gasteiger partial charge >= 0.3 is 0 Å². The van der Waals surface area contributed by atoms with Gasteiger partial charge in [0.05, 0.1) is 31.0 Å². The molecular weight excluding hydrogens is 435 g/mol. The molecule has 0 unspecified atom stereocenters. The smallest absolute Gasteiger partial charge is 0.163 e. The fraction of sp³-hybridized carbons (Fsp3) is 0.0870. The van der Waals surface area contributed by atoms with Crippen molar-refractivity contribution in [1.29, 1.82) is 0 Å². The van der Waals surface area contributed by atoms with Crippen molar-refractivity contribution in [2.24, 2.45) is 5.10 Å². The van der Waals surface area contributed by atoms with Crippen molar-refractivity contribution in [3.05, 3.63) is 76.3 Å². The number of aromatic nitrogens is 2. The number of benzene rings is 3. The average molecular weight is 453 g/mol. The number of ether oxygens (including phenoxy) is 2. The Balaban J connectivity index is 1.69. The Labute approximate surface area is 189 Å². The summed E-state index contributed by atoms with van der Waals surface area (Å²) in [7, 11) is 3.19. The molecule has 0 aliphatic rings. The SMILES string of the molecule is COc1ccc(/C=N\Nc2nc(-c3ccc(Cl)cc3Cl)nc3ccccc23)cc1OC. The Bertz CT molecular complexity index is 1280. The van der Waals surface area contributed by atoms with E-state index in [1.807, 2.05) is 42.5 Å². The highest BCUT2D eigenvalue weighted by Crippen LogP contribution is 2.31. The van der Waals surface area contributed by atoms with Crippen LogP contribution >= 0.6 is 23.2 Å². The van der Waals surface area contributed by atoms with E-state index in [4.69, 9.17) is 32.7 Å². The minimum absolute atomic E-state index is 0.475. The van der Waals surface area contributed by atoms with E-state index in [1.165, 1.54) is 0 Å². The van der Waals surface area contributed by atoms with E-state index in [0.717, 1.165) is 16.5 Å². The van der Waals surface area contributed by atoms with Crippen LogP contribution < -0.4 is 14.9 Å². The number of hydrogen-bond acceptors (Lipinski definition) is 6. The van der Waals surface area contributed by atoms with Gasteiger partial charge in [0.2, 0.25) is 0 Å². The summed E-state index contributed by atoms with van der Waals surface area (Å²) >= 11 is 12.4. The fourth-order valence-electron chi connectivity index (χ4n) is 3.05. The first-order valence-corrected chi connectivity index (χ1v) is 10.1. The van der Waals surface area contributed by atoms with Gasteiger partial charge in [0, 0.05) is 16.0 Å². The van der Waals surface area contributed by atoms with E-state index >= 15 is 0 Å². The van der Waals surface area contributed by atoms with Crippen LogP contribution in [-0.2, 0) is 0 Å². The molecule has 156 valence electrons. The minimum Gasteiger partial charge on any atom is -0.493 e. The Morgan fingerprint density at radius 1 is 0.903 bits per heavy atom. The molecule has 0 fully saturated rings. The molecule has 0 saturated heterocycles. The molecular formula is C23H18Cl2N4O2. The summed E-state index contributed by atoms with van der Waals surface area (Å²) in [6.07, 6.45) is 1.67. The molecule has 0 aliphatic carbocycles. The molecule has 1 heterocycles. The molecule has 1 N–H and O–H groups in total.